The molecule has 0 saturated heterocycles. The summed E-state index contributed by atoms with van der Waals surface area (Å²) in [4.78, 5) is 0. The normalized spacial score (nSPS) is 20.6. The first-order valence-electron chi connectivity index (χ1n) is 8.32. The van der Waals surface area contributed by atoms with Gasteiger partial charge in [-0.15, -0.1) is 0 Å². The molecule has 1 aliphatic carbocycles. The van der Waals surface area contributed by atoms with E-state index in [2.05, 4.69) is 32.3 Å². The molecule has 0 aromatic rings. The van der Waals surface area contributed by atoms with E-state index in [1.807, 2.05) is 0 Å². The lowest BCUT2D eigenvalue weighted by atomic mass is 9.78. The summed E-state index contributed by atoms with van der Waals surface area (Å²) in [5.74, 6) is 0. The minimum absolute atomic E-state index is 0.454. The van der Waals surface area contributed by atoms with Crippen LogP contribution in [0.25, 0.3) is 0 Å². The van der Waals surface area contributed by atoms with E-state index in [1.54, 1.807) is 0 Å². The van der Waals surface area contributed by atoms with Gasteiger partial charge in [-0.2, -0.15) is 0 Å². The van der Waals surface area contributed by atoms with Crippen LogP contribution in [0.2, 0.25) is 19.6 Å². The molecule has 0 spiro atoms. The van der Waals surface area contributed by atoms with Crippen molar-refractivity contribution in [1.82, 2.24) is 0 Å². The Morgan fingerprint density at radius 1 is 1.05 bits per heavy atom. The number of aliphatic hydroxyl groups is 1. The topological polar surface area (TPSA) is 20.2 Å². The summed E-state index contributed by atoms with van der Waals surface area (Å²) in [5.41, 5.74) is 3.43. The van der Waals surface area contributed by atoms with E-state index in [1.165, 1.54) is 50.5 Å². The van der Waals surface area contributed by atoms with Gasteiger partial charge in [0, 0.05) is 0 Å². The molecule has 0 amide bonds. The van der Waals surface area contributed by atoms with Crippen LogP contribution in [-0.2, 0) is 0 Å². The van der Waals surface area contributed by atoms with Gasteiger partial charge in [0.05, 0.1) is 13.7 Å². The van der Waals surface area contributed by atoms with Gasteiger partial charge in [0.2, 0.25) is 0 Å². The molecule has 19 heavy (non-hydrogen) atoms. The highest BCUT2D eigenvalue weighted by atomic mass is 28.3. The monoisotopic (exact) mass is 282 g/mol. The van der Waals surface area contributed by atoms with Crippen LogP contribution >= 0.6 is 0 Å². The maximum Gasteiger partial charge on any atom is 0.0853 e. The van der Waals surface area contributed by atoms with Crippen LogP contribution in [0.5, 0.6) is 0 Å². The lowest BCUT2D eigenvalue weighted by Gasteiger charge is -2.36. The number of hydrogen-bond donors (Lipinski definition) is 1. The van der Waals surface area contributed by atoms with Crippen LogP contribution in [0.3, 0.4) is 0 Å². The summed E-state index contributed by atoms with van der Waals surface area (Å²) in [6, 6.07) is 0. The summed E-state index contributed by atoms with van der Waals surface area (Å²) < 4.78 is 0. The van der Waals surface area contributed by atoms with Gasteiger partial charge in [0.25, 0.3) is 0 Å². The number of rotatable bonds is 7. The van der Waals surface area contributed by atoms with Gasteiger partial charge in [-0.25, -0.2) is 0 Å². The molecule has 1 saturated carbocycles. The predicted molar refractivity (Wildman–Crippen MR) is 88.2 cm³/mol. The SMILES string of the molecule is CCCCCC/C(=C/[Si](C)(C)C)C1(O)CCCCC1. The van der Waals surface area contributed by atoms with E-state index in [0.717, 1.165) is 19.3 Å². The lowest BCUT2D eigenvalue weighted by Crippen LogP contribution is -2.35. The zero-order chi connectivity index (χ0) is 14.4. The van der Waals surface area contributed by atoms with Crippen LogP contribution in [-0.4, -0.2) is 18.8 Å². The first kappa shape index (κ1) is 17.0. The fraction of sp³-hybridized carbons (Fsp3) is 0.882. The van der Waals surface area contributed by atoms with Gasteiger partial charge >= 0.3 is 0 Å². The van der Waals surface area contributed by atoms with Crippen LogP contribution in [0, 0.1) is 0 Å². The highest BCUT2D eigenvalue weighted by Crippen LogP contribution is 2.37. The third kappa shape index (κ3) is 6.27. The molecule has 0 atom stereocenters. The summed E-state index contributed by atoms with van der Waals surface area (Å²) in [7, 11) is -1.24. The predicted octanol–water partition coefficient (Wildman–Crippen LogP) is 5.46. The molecule has 1 rings (SSSR count). The Labute approximate surface area is 121 Å². The van der Waals surface area contributed by atoms with Gasteiger partial charge in [-0.3, -0.25) is 0 Å². The molecule has 2 heteroatoms. The van der Waals surface area contributed by atoms with E-state index in [9.17, 15) is 5.11 Å². The third-order valence-corrected chi connectivity index (χ3v) is 5.40. The summed E-state index contributed by atoms with van der Waals surface area (Å²) in [5, 5.41) is 11.0. The largest absolute Gasteiger partial charge is 0.386 e. The first-order chi connectivity index (χ1) is 8.87. The number of hydrogen-bond acceptors (Lipinski definition) is 1. The van der Waals surface area contributed by atoms with Crippen LogP contribution in [0.15, 0.2) is 11.3 Å². The zero-order valence-corrected chi connectivity index (χ0v) is 14.6. The van der Waals surface area contributed by atoms with Crippen molar-refractivity contribution >= 4 is 8.07 Å². The maximum absolute atomic E-state index is 11.0. The van der Waals surface area contributed by atoms with Gasteiger partial charge in [0.1, 0.15) is 0 Å². The Morgan fingerprint density at radius 3 is 2.21 bits per heavy atom. The minimum Gasteiger partial charge on any atom is -0.386 e. The van der Waals surface area contributed by atoms with Crippen molar-refractivity contribution in [3.05, 3.63) is 11.3 Å². The Kier molecular flexibility index (Phi) is 6.82. The lowest BCUT2D eigenvalue weighted by molar-refractivity contribution is 0.0363. The summed E-state index contributed by atoms with van der Waals surface area (Å²) >= 11 is 0. The van der Waals surface area contributed by atoms with E-state index in [0.29, 0.717) is 0 Å². The van der Waals surface area contributed by atoms with Crippen molar-refractivity contribution in [3.63, 3.8) is 0 Å². The first-order valence-corrected chi connectivity index (χ1v) is 11.9. The molecule has 0 heterocycles. The zero-order valence-electron chi connectivity index (χ0n) is 13.6. The second-order valence-corrected chi connectivity index (χ2v) is 12.5. The average molecular weight is 283 g/mol. The van der Waals surface area contributed by atoms with E-state index in [-0.39, 0.29) is 0 Å². The van der Waals surface area contributed by atoms with Crippen molar-refractivity contribution in [2.45, 2.75) is 96.4 Å². The van der Waals surface area contributed by atoms with E-state index in [4.69, 9.17) is 0 Å². The molecule has 1 N–H and O–H groups in total. The van der Waals surface area contributed by atoms with Gasteiger partial charge in [-0.05, 0) is 31.3 Å². The molecule has 0 unspecified atom stereocenters. The minimum atomic E-state index is -1.24. The molecule has 0 aliphatic heterocycles. The molecule has 1 fully saturated rings. The second kappa shape index (κ2) is 7.63. The molecule has 0 radical (unpaired) electrons. The molecular formula is C17H34OSi. The third-order valence-electron chi connectivity index (χ3n) is 4.19. The van der Waals surface area contributed by atoms with Crippen molar-refractivity contribution in [1.29, 1.82) is 0 Å². The fourth-order valence-corrected chi connectivity index (χ4v) is 4.62. The molecule has 0 aromatic heterocycles. The van der Waals surface area contributed by atoms with Gasteiger partial charge < -0.3 is 5.11 Å². The van der Waals surface area contributed by atoms with Crippen molar-refractivity contribution in [2.75, 3.05) is 0 Å². The van der Waals surface area contributed by atoms with Crippen molar-refractivity contribution in [3.8, 4) is 0 Å². The average Bonchev–Trinajstić information content (AvgIpc) is 2.32. The highest BCUT2D eigenvalue weighted by molar-refractivity contribution is 6.81. The van der Waals surface area contributed by atoms with Crippen molar-refractivity contribution in [2.24, 2.45) is 0 Å². The Bertz CT molecular complexity index is 282. The maximum atomic E-state index is 11.0. The van der Waals surface area contributed by atoms with Crippen LogP contribution < -0.4 is 0 Å². The molecule has 0 bridgehead atoms. The summed E-state index contributed by atoms with van der Waals surface area (Å²) in [6.45, 7) is 9.40. The smallest absolute Gasteiger partial charge is 0.0853 e. The molecular weight excluding hydrogens is 248 g/mol. The molecule has 1 nitrogen and oxygen atoms in total. The second-order valence-electron chi connectivity index (χ2n) is 7.44. The standard InChI is InChI=1S/C17H34OSi/c1-5-6-7-9-12-16(15-19(2,3)4)17(18)13-10-8-11-14-17/h15,18H,5-14H2,1-4H3/b16-15-. The van der Waals surface area contributed by atoms with Crippen LogP contribution in [0.4, 0.5) is 0 Å². The molecule has 1 aliphatic rings. The van der Waals surface area contributed by atoms with Gasteiger partial charge in [-0.1, -0.05) is 70.8 Å². The van der Waals surface area contributed by atoms with Gasteiger partial charge in [0.15, 0.2) is 0 Å². The summed E-state index contributed by atoms with van der Waals surface area (Å²) in [6.07, 6.45) is 12.0. The van der Waals surface area contributed by atoms with E-state index >= 15 is 0 Å². The Hall–Kier alpha value is -0.0831. The fourth-order valence-electron chi connectivity index (χ4n) is 3.16. The molecule has 0 aromatic carbocycles. The number of unbranched alkanes of at least 4 members (excludes halogenated alkanes) is 3. The quantitative estimate of drug-likeness (QED) is 0.486. The Morgan fingerprint density at radius 2 is 1.68 bits per heavy atom. The van der Waals surface area contributed by atoms with E-state index < -0.39 is 13.7 Å². The molecule has 112 valence electrons. The highest BCUT2D eigenvalue weighted by Gasteiger charge is 2.33. The van der Waals surface area contributed by atoms with Crippen molar-refractivity contribution < 1.29 is 5.11 Å². The Balaban J connectivity index is 2.71. The van der Waals surface area contributed by atoms with Crippen LogP contribution in [0.1, 0.15) is 71.1 Å².